The molecule has 0 N–H and O–H groups in total. The van der Waals surface area contributed by atoms with E-state index in [-0.39, 0.29) is 0 Å². The van der Waals surface area contributed by atoms with Crippen molar-refractivity contribution in [3.05, 3.63) is 33.8 Å². The summed E-state index contributed by atoms with van der Waals surface area (Å²) in [5.74, 6) is 0.776. The molecular weight excluding hydrogens is 307 g/mol. The van der Waals surface area contributed by atoms with E-state index in [2.05, 4.69) is 23.2 Å². The van der Waals surface area contributed by atoms with Gasteiger partial charge in [-0.05, 0) is 49.9 Å². The third-order valence-corrected chi connectivity index (χ3v) is 5.78. The van der Waals surface area contributed by atoms with Crippen LogP contribution in [0.25, 0.3) is 0 Å². The second-order valence-corrected chi connectivity index (χ2v) is 6.81. The SMILES string of the molecule is CO/N=C\[C@H]1C2CCC(C[C@@H]1c1ccc(Cl)c(Cl)c1)N2C. The molecule has 3 rings (SSSR count). The Morgan fingerprint density at radius 3 is 2.81 bits per heavy atom. The zero-order valence-corrected chi connectivity index (χ0v) is 13.8. The molecule has 2 aliphatic rings. The molecular formula is C16H20Cl2N2O. The average molecular weight is 327 g/mol. The predicted molar refractivity (Wildman–Crippen MR) is 87.4 cm³/mol. The standard InChI is InChI=1S/C16H20Cl2N2O/c1-20-11-4-6-16(20)13(9-19-21-2)12(8-11)10-3-5-14(17)15(18)7-10/h3,5,7,9,11-13,16H,4,6,8H2,1-2H3/b19-9-/t11?,12-,13-,16?/m1/s1. The van der Waals surface area contributed by atoms with Crippen LogP contribution < -0.4 is 0 Å². The summed E-state index contributed by atoms with van der Waals surface area (Å²) in [6, 6.07) is 7.18. The first-order valence-corrected chi connectivity index (χ1v) is 8.11. The van der Waals surface area contributed by atoms with Gasteiger partial charge in [0.2, 0.25) is 0 Å². The van der Waals surface area contributed by atoms with Gasteiger partial charge in [-0.3, -0.25) is 4.90 Å². The van der Waals surface area contributed by atoms with Gasteiger partial charge in [0, 0.05) is 24.2 Å². The molecule has 2 saturated heterocycles. The Bertz CT molecular complexity index is 549. The molecule has 0 aliphatic carbocycles. The van der Waals surface area contributed by atoms with Crippen molar-refractivity contribution in [2.24, 2.45) is 11.1 Å². The van der Waals surface area contributed by atoms with E-state index >= 15 is 0 Å². The Labute approximate surface area is 135 Å². The van der Waals surface area contributed by atoms with Gasteiger partial charge in [0.15, 0.2) is 0 Å². The molecule has 5 heteroatoms. The summed E-state index contributed by atoms with van der Waals surface area (Å²) in [4.78, 5) is 7.42. The van der Waals surface area contributed by atoms with Crippen molar-refractivity contribution in [2.45, 2.75) is 37.3 Å². The van der Waals surface area contributed by atoms with Crippen LogP contribution in [0.15, 0.2) is 23.4 Å². The lowest BCUT2D eigenvalue weighted by atomic mass is 9.77. The maximum Gasteiger partial charge on any atom is 0.106 e. The quantitative estimate of drug-likeness (QED) is 0.614. The van der Waals surface area contributed by atoms with Gasteiger partial charge in [0.05, 0.1) is 10.0 Å². The summed E-state index contributed by atoms with van der Waals surface area (Å²) in [7, 11) is 3.82. The van der Waals surface area contributed by atoms with Crippen LogP contribution in [-0.4, -0.2) is 37.4 Å². The van der Waals surface area contributed by atoms with Crippen molar-refractivity contribution < 1.29 is 4.84 Å². The molecule has 114 valence electrons. The zero-order valence-electron chi connectivity index (χ0n) is 12.3. The minimum atomic E-state index is 0.353. The third-order valence-electron chi connectivity index (χ3n) is 5.04. The van der Waals surface area contributed by atoms with Gasteiger partial charge in [-0.25, -0.2) is 0 Å². The average Bonchev–Trinajstić information content (AvgIpc) is 2.72. The number of halogens is 2. The number of fused-ring (bicyclic) bond motifs is 2. The second-order valence-electron chi connectivity index (χ2n) is 5.99. The lowest BCUT2D eigenvalue weighted by Gasteiger charge is -2.41. The van der Waals surface area contributed by atoms with E-state index in [1.165, 1.54) is 18.4 Å². The van der Waals surface area contributed by atoms with Crippen LogP contribution in [0.2, 0.25) is 10.0 Å². The number of nitrogens with zero attached hydrogens (tertiary/aromatic N) is 2. The van der Waals surface area contributed by atoms with E-state index in [4.69, 9.17) is 28.0 Å². The Balaban J connectivity index is 1.94. The maximum absolute atomic E-state index is 6.20. The highest BCUT2D eigenvalue weighted by molar-refractivity contribution is 6.42. The fraction of sp³-hybridized carbons (Fsp3) is 0.562. The summed E-state index contributed by atoms with van der Waals surface area (Å²) < 4.78 is 0. The first kappa shape index (κ1) is 15.1. The summed E-state index contributed by atoms with van der Waals surface area (Å²) in [5, 5.41) is 5.29. The lowest BCUT2D eigenvalue weighted by Crippen LogP contribution is -2.46. The molecule has 0 spiro atoms. The maximum atomic E-state index is 6.20. The van der Waals surface area contributed by atoms with Crippen LogP contribution in [0.1, 0.15) is 30.7 Å². The van der Waals surface area contributed by atoms with Crippen LogP contribution in [0, 0.1) is 5.92 Å². The Morgan fingerprint density at radius 1 is 1.29 bits per heavy atom. The number of hydrogen-bond acceptors (Lipinski definition) is 3. The zero-order chi connectivity index (χ0) is 15.0. The highest BCUT2D eigenvalue weighted by Gasteiger charge is 2.45. The Kier molecular flexibility index (Phi) is 4.43. The van der Waals surface area contributed by atoms with Crippen LogP contribution in [0.3, 0.4) is 0 Å². The molecule has 4 atom stereocenters. The molecule has 0 saturated carbocycles. The van der Waals surface area contributed by atoms with Gasteiger partial charge >= 0.3 is 0 Å². The van der Waals surface area contributed by atoms with E-state index in [9.17, 15) is 0 Å². The molecule has 2 fully saturated rings. The molecule has 3 nitrogen and oxygen atoms in total. The molecule has 2 unspecified atom stereocenters. The van der Waals surface area contributed by atoms with Gasteiger partial charge in [0.1, 0.15) is 7.11 Å². The van der Waals surface area contributed by atoms with Gasteiger partial charge in [-0.2, -0.15) is 0 Å². The van der Waals surface area contributed by atoms with Gasteiger partial charge in [-0.15, -0.1) is 0 Å². The molecule has 2 heterocycles. The number of oxime groups is 1. The Hall–Kier alpha value is -0.770. The summed E-state index contributed by atoms with van der Waals surface area (Å²) in [6.45, 7) is 0. The van der Waals surface area contributed by atoms with E-state index < -0.39 is 0 Å². The van der Waals surface area contributed by atoms with Gasteiger partial charge in [-0.1, -0.05) is 34.4 Å². The largest absolute Gasteiger partial charge is 0.399 e. The van der Waals surface area contributed by atoms with Crippen molar-refractivity contribution in [2.75, 3.05) is 14.2 Å². The Morgan fingerprint density at radius 2 is 2.10 bits per heavy atom. The van der Waals surface area contributed by atoms with E-state index in [0.717, 1.165) is 6.42 Å². The molecule has 1 aromatic rings. The fourth-order valence-corrected chi connectivity index (χ4v) is 4.25. The predicted octanol–water partition coefficient (Wildman–Crippen LogP) is 4.19. The topological polar surface area (TPSA) is 24.8 Å². The van der Waals surface area contributed by atoms with Gasteiger partial charge < -0.3 is 4.84 Å². The molecule has 0 amide bonds. The molecule has 0 aromatic heterocycles. The number of rotatable bonds is 3. The number of piperidine rings is 1. The van der Waals surface area contributed by atoms with Crippen molar-refractivity contribution in [1.29, 1.82) is 0 Å². The first-order valence-electron chi connectivity index (χ1n) is 7.35. The summed E-state index contributed by atoms with van der Waals surface area (Å²) in [5.41, 5.74) is 1.25. The van der Waals surface area contributed by atoms with Crippen molar-refractivity contribution >= 4 is 29.4 Å². The van der Waals surface area contributed by atoms with Crippen LogP contribution in [0.4, 0.5) is 0 Å². The van der Waals surface area contributed by atoms with Crippen molar-refractivity contribution in [3.63, 3.8) is 0 Å². The van der Waals surface area contributed by atoms with Gasteiger partial charge in [0.25, 0.3) is 0 Å². The normalized spacial score (nSPS) is 32.8. The van der Waals surface area contributed by atoms with E-state index in [1.807, 2.05) is 18.3 Å². The third kappa shape index (κ3) is 2.79. The molecule has 0 radical (unpaired) electrons. The minimum absolute atomic E-state index is 0.353. The highest BCUT2D eigenvalue weighted by Crippen LogP contribution is 2.46. The highest BCUT2D eigenvalue weighted by atomic mass is 35.5. The van der Waals surface area contributed by atoms with Crippen LogP contribution >= 0.6 is 23.2 Å². The molecule has 21 heavy (non-hydrogen) atoms. The summed E-state index contributed by atoms with van der Waals surface area (Å²) in [6.07, 6.45) is 5.58. The number of benzene rings is 1. The monoisotopic (exact) mass is 326 g/mol. The van der Waals surface area contributed by atoms with Crippen molar-refractivity contribution in [1.82, 2.24) is 4.90 Å². The molecule has 1 aromatic carbocycles. The van der Waals surface area contributed by atoms with E-state index in [1.54, 1.807) is 7.11 Å². The lowest BCUT2D eigenvalue weighted by molar-refractivity contribution is 0.131. The number of hydrogen-bond donors (Lipinski definition) is 0. The van der Waals surface area contributed by atoms with E-state index in [0.29, 0.717) is 34.0 Å². The smallest absolute Gasteiger partial charge is 0.106 e. The molecule has 2 bridgehead atoms. The minimum Gasteiger partial charge on any atom is -0.399 e. The van der Waals surface area contributed by atoms with Crippen molar-refractivity contribution in [3.8, 4) is 0 Å². The fourth-order valence-electron chi connectivity index (χ4n) is 3.94. The van der Waals surface area contributed by atoms with Crippen LogP contribution in [-0.2, 0) is 4.84 Å². The molecule has 2 aliphatic heterocycles. The summed E-state index contributed by atoms with van der Waals surface area (Å²) >= 11 is 12.2. The first-order chi connectivity index (χ1) is 10.1. The van der Waals surface area contributed by atoms with Crippen LogP contribution in [0.5, 0.6) is 0 Å². The second kappa shape index (κ2) is 6.15.